The Morgan fingerprint density at radius 2 is 1.72 bits per heavy atom. The van der Waals surface area contributed by atoms with Crippen LogP contribution in [0.3, 0.4) is 0 Å². The van der Waals surface area contributed by atoms with Crippen LogP contribution in [-0.4, -0.2) is 20.4 Å². The minimum Gasteiger partial charge on any atom is -0.322 e. The number of rotatable bonds is 7. The number of carbonyl (C=O) groups excluding carboxylic acids is 1. The lowest BCUT2D eigenvalue weighted by Crippen LogP contribution is -2.30. The lowest BCUT2D eigenvalue weighted by atomic mass is 9.92. The zero-order valence-corrected chi connectivity index (χ0v) is 19.1. The van der Waals surface area contributed by atoms with E-state index in [4.69, 9.17) is 11.6 Å². The number of benzene rings is 3. The molecule has 8 heteroatoms. The number of nitrogens with zero attached hydrogens (tertiary/aromatic N) is 1. The molecule has 0 aromatic heterocycles. The van der Waals surface area contributed by atoms with E-state index < -0.39 is 21.8 Å². The Morgan fingerprint density at radius 1 is 1.00 bits per heavy atom. The third-order valence-corrected chi connectivity index (χ3v) is 6.61. The number of carbonyl (C=O) groups is 1. The quantitative estimate of drug-likeness (QED) is 0.514. The normalized spacial score (nSPS) is 12.2. The number of nitrogens with one attached hydrogen (secondary N) is 2. The topological polar surface area (TPSA) is 99.1 Å². The van der Waals surface area contributed by atoms with E-state index in [1.165, 1.54) is 24.3 Å². The van der Waals surface area contributed by atoms with Crippen molar-refractivity contribution in [2.75, 3.05) is 5.32 Å². The van der Waals surface area contributed by atoms with E-state index in [1.807, 2.05) is 30.3 Å². The van der Waals surface area contributed by atoms with Crippen LogP contribution in [0.25, 0.3) is 0 Å². The Labute approximate surface area is 192 Å². The molecule has 0 saturated carbocycles. The summed E-state index contributed by atoms with van der Waals surface area (Å²) in [6, 6.07) is 22.0. The van der Waals surface area contributed by atoms with Gasteiger partial charge in [-0.05, 0) is 55.3 Å². The zero-order valence-electron chi connectivity index (χ0n) is 17.5. The van der Waals surface area contributed by atoms with Gasteiger partial charge in [0.2, 0.25) is 10.0 Å². The predicted molar refractivity (Wildman–Crippen MR) is 125 cm³/mol. The predicted octanol–water partition coefficient (Wildman–Crippen LogP) is 4.93. The molecule has 0 fully saturated rings. The molecule has 3 aromatic carbocycles. The molecule has 0 aliphatic heterocycles. The van der Waals surface area contributed by atoms with Crippen molar-refractivity contribution in [2.24, 2.45) is 0 Å². The maximum atomic E-state index is 12.7. The fraction of sp³-hybridized carbons (Fsp3) is 0.167. The van der Waals surface area contributed by atoms with Crippen molar-refractivity contribution in [1.29, 1.82) is 5.26 Å². The van der Waals surface area contributed by atoms with Gasteiger partial charge in [0.05, 0.1) is 16.9 Å². The Balaban J connectivity index is 1.82. The maximum absolute atomic E-state index is 12.7. The second-order valence-corrected chi connectivity index (χ2v) is 9.59. The fourth-order valence-electron chi connectivity index (χ4n) is 3.19. The van der Waals surface area contributed by atoms with Gasteiger partial charge in [0.25, 0.3) is 5.91 Å². The van der Waals surface area contributed by atoms with Gasteiger partial charge in [0.1, 0.15) is 0 Å². The van der Waals surface area contributed by atoms with Gasteiger partial charge in [-0.25, -0.2) is 13.1 Å². The Kier molecular flexibility index (Phi) is 7.31. The molecule has 1 atom stereocenters. The minimum atomic E-state index is -3.72. The van der Waals surface area contributed by atoms with Crippen LogP contribution in [0, 0.1) is 11.3 Å². The van der Waals surface area contributed by atoms with Crippen LogP contribution in [0.4, 0.5) is 5.69 Å². The van der Waals surface area contributed by atoms with Gasteiger partial charge in [-0.2, -0.15) is 5.26 Å². The van der Waals surface area contributed by atoms with Crippen LogP contribution in [0.5, 0.6) is 0 Å². The highest BCUT2D eigenvalue weighted by Crippen LogP contribution is 2.32. The molecule has 2 N–H and O–H groups in total. The summed E-state index contributed by atoms with van der Waals surface area (Å²) in [5.41, 5.74) is 2.08. The number of nitriles is 1. The number of amides is 1. The molecule has 3 rings (SSSR count). The fourth-order valence-corrected chi connectivity index (χ4v) is 4.78. The van der Waals surface area contributed by atoms with Gasteiger partial charge in [0, 0.05) is 22.3 Å². The molecular weight excluding hydrogens is 446 g/mol. The van der Waals surface area contributed by atoms with Crippen LogP contribution in [0.2, 0.25) is 5.02 Å². The second-order valence-electron chi connectivity index (χ2n) is 7.47. The maximum Gasteiger partial charge on any atom is 0.255 e. The summed E-state index contributed by atoms with van der Waals surface area (Å²) < 4.78 is 27.3. The van der Waals surface area contributed by atoms with Crippen molar-refractivity contribution in [2.45, 2.75) is 30.7 Å². The van der Waals surface area contributed by atoms with Crippen molar-refractivity contribution in [3.05, 3.63) is 94.5 Å². The molecule has 0 unspecified atom stereocenters. The van der Waals surface area contributed by atoms with Gasteiger partial charge in [0.15, 0.2) is 0 Å². The van der Waals surface area contributed by atoms with Crippen molar-refractivity contribution in [1.82, 2.24) is 4.72 Å². The molecule has 6 nitrogen and oxygen atoms in total. The Hall–Kier alpha value is -3.18. The van der Waals surface area contributed by atoms with E-state index >= 15 is 0 Å². The molecule has 0 bridgehead atoms. The second kappa shape index (κ2) is 9.96. The molecular formula is C24H22ClN3O3S. The molecule has 0 saturated heterocycles. The summed E-state index contributed by atoms with van der Waals surface area (Å²) in [7, 11) is -3.72. The van der Waals surface area contributed by atoms with E-state index in [-0.39, 0.29) is 16.5 Å². The average Bonchev–Trinajstić information content (AvgIpc) is 2.75. The smallest absolute Gasteiger partial charge is 0.255 e. The number of hydrogen-bond donors (Lipinski definition) is 2. The van der Waals surface area contributed by atoms with Gasteiger partial charge < -0.3 is 5.32 Å². The SMILES string of the molecule is CC(C)NS(=O)(=O)c1cccc(C(=O)Nc2ccc([C@@H](C#N)c3ccccc3)c(Cl)c2)c1. The summed E-state index contributed by atoms with van der Waals surface area (Å²) in [4.78, 5) is 12.7. The average molecular weight is 468 g/mol. The summed E-state index contributed by atoms with van der Waals surface area (Å²) >= 11 is 6.43. The van der Waals surface area contributed by atoms with E-state index in [1.54, 1.807) is 32.0 Å². The van der Waals surface area contributed by atoms with E-state index in [9.17, 15) is 18.5 Å². The van der Waals surface area contributed by atoms with Crippen LogP contribution in [-0.2, 0) is 10.0 Å². The van der Waals surface area contributed by atoms with E-state index in [0.717, 1.165) is 5.56 Å². The molecule has 3 aromatic rings. The summed E-state index contributed by atoms with van der Waals surface area (Å²) in [5, 5.41) is 12.7. The van der Waals surface area contributed by atoms with Crippen molar-refractivity contribution < 1.29 is 13.2 Å². The van der Waals surface area contributed by atoms with Crippen LogP contribution in [0.15, 0.2) is 77.7 Å². The molecule has 0 heterocycles. The first-order valence-electron chi connectivity index (χ1n) is 9.89. The lowest BCUT2D eigenvalue weighted by Gasteiger charge is -2.14. The van der Waals surface area contributed by atoms with Gasteiger partial charge in [-0.1, -0.05) is 54.1 Å². The molecule has 0 spiro atoms. The first-order chi connectivity index (χ1) is 15.2. The van der Waals surface area contributed by atoms with Gasteiger partial charge in [-0.15, -0.1) is 0 Å². The Morgan fingerprint density at radius 3 is 2.34 bits per heavy atom. The van der Waals surface area contributed by atoms with E-state index in [2.05, 4.69) is 16.1 Å². The molecule has 32 heavy (non-hydrogen) atoms. The number of sulfonamides is 1. The van der Waals surface area contributed by atoms with Crippen molar-refractivity contribution in [3.8, 4) is 6.07 Å². The third kappa shape index (κ3) is 5.54. The lowest BCUT2D eigenvalue weighted by molar-refractivity contribution is 0.102. The van der Waals surface area contributed by atoms with E-state index in [0.29, 0.717) is 16.3 Å². The van der Waals surface area contributed by atoms with Crippen molar-refractivity contribution in [3.63, 3.8) is 0 Å². The third-order valence-electron chi connectivity index (χ3n) is 4.63. The van der Waals surface area contributed by atoms with Crippen LogP contribution < -0.4 is 10.0 Å². The largest absolute Gasteiger partial charge is 0.322 e. The zero-order chi connectivity index (χ0) is 23.3. The van der Waals surface area contributed by atoms with Crippen LogP contribution >= 0.6 is 11.6 Å². The number of hydrogen-bond acceptors (Lipinski definition) is 4. The number of anilines is 1. The monoisotopic (exact) mass is 467 g/mol. The first-order valence-corrected chi connectivity index (χ1v) is 11.7. The molecule has 164 valence electrons. The highest BCUT2D eigenvalue weighted by atomic mass is 35.5. The minimum absolute atomic E-state index is 0.00644. The number of halogens is 1. The molecule has 0 radical (unpaired) electrons. The highest BCUT2D eigenvalue weighted by Gasteiger charge is 2.19. The van der Waals surface area contributed by atoms with Gasteiger partial charge >= 0.3 is 0 Å². The molecule has 0 aliphatic rings. The molecule has 1 amide bonds. The first kappa shape index (κ1) is 23.5. The van der Waals surface area contributed by atoms with Crippen LogP contribution in [0.1, 0.15) is 41.3 Å². The summed E-state index contributed by atoms with van der Waals surface area (Å²) in [6.45, 7) is 3.44. The Bertz CT molecular complexity index is 1270. The molecule has 0 aliphatic carbocycles. The highest BCUT2D eigenvalue weighted by molar-refractivity contribution is 7.89. The summed E-state index contributed by atoms with van der Waals surface area (Å²) in [5.74, 6) is -1.01. The summed E-state index contributed by atoms with van der Waals surface area (Å²) in [6.07, 6.45) is 0. The standard InChI is InChI=1S/C24H22ClN3O3S/c1-16(2)28-32(30,31)20-10-6-9-18(13-20)24(29)27-19-11-12-21(23(25)14-19)22(15-26)17-7-4-3-5-8-17/h3-14,16,22,28H,1-2H3,(H,27,29)/t22-/m0/s1. The van der Waals surface area contributed by atoms with Gasteiger partial charge in [-0.3, -0.25) is 4.79 Å². The van der Waals surface area contributed by atoms with Crippen molar-refractivity contribution >= 4 is 33.2 Å².